The number of rotatable bonds is 6. The fourth-order valence-electron chi connectivity index (χ4n) is 3.16. The minimum absolute atomic E-state index is 0.0779. The second-order valence-electron chi connectivity index (χ2n) is 6.63. The van der Waals surface area contributed by atoms with Gasteiger partial charge in [0.05, 0.1) is 17.9 Å². The predicted molar refractivity (Wildman–Crippen MR) is 101 cm³/mol. The fourth-order valence-corrected chi connectivity index (χ4v) is 4.09. The van der Waals surface area contributed by atoms with Crippen molar-refractivity contribution in [1.82, 2.24) is 25.2 Å². The number of aromatic nitrogens is 3. The van der Waals surface area contributed by atoms with Crippen LogP contribution in [0, 0.1) is 6.92 Å². The highest BCUT2D eigenvalue weighted by molar-refractivity contribution is 7.17. The Labute approximate surface area is 157 Å². The molecule has 1 fully saturated rings. The van der Waals surface area contributed by atoms with E-state index in [0.29, 0.717) is 27.9 Å². The second kappa shape index (κ2) is 8.66. The zero-order chi connectivity index (χ0) is 18.5. The van der Waals surface area contributed by atoms with E-state index in [9.17, 15) is 4.79 Å². The summed E-state index contributed by atoms with van der Waals surface area (Å²) in [5.74, 6) is 0.473. The summed E-state index contributed by atoms with van der Waals surface area (Å²) in [7, 11) is 0. The van der Waals surface area contributed by atoms with E-state index in [4.69, 9.17) is 4.74 Å². The quantitative estimate of drug-likeness (QED) is 0.779. The monoisotopic (exact) mass is 375 g/mol. The van der Waals surface area contributed by atoms with Crippen LogP contribution in [0.4, 0.5) is 0 Å². The van der Waals surface area contributed by atoms with E-state index in [-0.39, 0.29) is 18.1 Å². The van der Waals surface area contributed by atoms with Gasteiger partial charge < -0.3 is 10.1 Å². The Morgan fingerprint density at radius 3 is 2.69 bits per heavy atom. The van der Waals surface area contributed by atoms with E-state index in [2.05, 4.69) is 39.0 Å². The van der Waals surface area contributed by atoms with Gasteiger partial charge in [-0.2, -0.15) is 0 Å². The molecule has 1 amide bonds. The zero-order valence-electron chi connectivity index (χ0n) is 15.4. The number of carbonyl (C=O) groups is 1. The zero-order valence-corrected chi connectivity index (χ0v) is 16.3. The largest absolute Gasteiger partial charge is 0.373 e. The fraction of sp³-hybridized carbons (Fsp3) is 0.556. The number of aryl methyl sites for hydroxylation is 1. The maximum Gasteiger partial charge on any atom is 0.263 e. The summed E-state index contributed by atoms with van der Waals surface area (Å²) in [6.07, 6.45) is 4.80. The standard InChI is InChI=1S/C18H25N5O2S/c1-12-10-23(11-13(2)25-12)9-5-8-21-17(24)15-14(3)22-18(26-15)16-19-6-4-7-20-16/h4,6-7,12-13H,5,8-11H2,1-3H3,(H,21,24). The summed E-state index contributed by atoms with van der Waals surface area (Å²) < 4.78 is 5.74. The van der Waals surface area contributed by atoms with Crippen LogP contribution in [0.25, 0.3) is 10.8 Å². The van der Waals surface area contributed by atoms with E-state index in [1.165, 1.54) is 11.3 Å². The molecular formula is C18H25N5O2S. The molecule has 0 spiro atoms. The average Bonchev–Trinajstić information content (AvgIpc) is 3.00. The smallest absolute Gasteiger partial charge is 0.263 e. The van der Waals surface area contributed by atoms with Crippen LogP contribution in [0.5, 0.6) is 0 Å². The number of nitrogens with zero attached hydrogens (tertiary/aromatic N) is 4. The van der Waals surface area contributed by atoms with Crippen molar-refractivity contribution in [3.8, 4) is 10.8 Å². The summed E-state index contributed by atoms with van der Waals surface area (Å²) in [5, 5.41) is 3.67. The van der Waals surface area contributed by atoms with Crippen molar-refractivity contribution in [1.29, 1.82) is 0 Å². The van der Waals surface area contributed by atoms with Gasteiger partial charge in [0.1, 0.15) is 4.88 Å². The van der Waals surface area contributed by atoms with Crippen molar-refractivity contribution in [3.63, 3.8) is 0 Å². The molecule has 2 unspecified atom stereocenters. The molecule has 0 aliphatic carbocycles. The Balaban J connectivity index is 1.49. The van der Waals surface area contributed by atoms with Gasteiger partial charge in [-0.05, 0) is 33.3 Å². The number of morpholine rings is 1. The highest BCUT2D eigenvalue weighted by atomic mass is 32.1. The van der Waals surface area contributed by atoms with Crippen LogP contribution in [-0.4, -0.2) is 64.1 Å². The maximum atomic E-state index is 12.5. The molecule has 3 heterocycles. The third-order valence-electron chi connectivity index (χ3n) is 4.19. The van der Waals surface area contributed by atoms with Crippen LogP contribution in [0.2, 0.25) is 0 Å². The highest BCUT2D eigenvalue weighted by Gasteiger charge is 2.22. The van der Waals surface area contributed by atoms with Crippen LogP contribution in [-0.2, 0) is 4.74 Å². The van der Waals surface area contributed by atoms with Gasteiger partial charge in [-0.3, -0.25) is 9.69 Å². The van der Waals surface area contributed by atoms with Gasteiger partial charge in [-0.1, -0.05) is 0 Å². The molecule has 1 aliphatic heterocycles. The molecule has 140 valence electrons. The number of hydrogen-bond donors (Lipinski definition) is 1. The van der Waals surface area contributed by atoms with E-state index in [1.807, 2.05) is 6.92 Å². The average molecular weight is 375 g/mol. The normalized spacial score (nSPS) is 20.9. The molecular weight excluding hydrogens is 350 g/mol. The maximum absolute atomic E-state index is 12.5. The van der Waals surface area contributed by atoms with Crippen molar-refractivity contribution in [3.05, 3.63) is 29.0 Å². The first-order valence-electron chi connectivity index (χ1n) is 8.93. The Bertz CT molecular complexity index is 726. The summed E-state index contributed by atoms with van der Waals surface area (Å²) in [4.78, 5) is 28.3. The minimum Gasteiger partial charge on any atom is -0.373 e. The molecule has 0 aromatic carbocycles. The number of hydrogen-bond acceptors (Lipinski definition) is 7. The Kier molecular flexibility index (Phi) is 6.29. The summed E-state index contributed by atoms with van der Waals surface area (Å²) in [6.45, 7) is 9.56. The molecule has 1 N–H and O–H groups in total. The topological polar surface area (TPSA) is 80.2 Å². The lowest BCUT2D eigenvalue weighted by Crippen LogP contribution is -2.46. The molecule has 2 aromatic rings. The molecule has 8 heteroatoms. The van der Waals surface area contributed by atoms with E-state index >= 15 is 0 Å². The molecule has 26 heavy (non-hydrogen) atoms. The lowest BCUT2D eigenvalue weighted by Gasteiger charge is -2.35. The first-order chi connectivity index (χ1) is 12.5. The van der Waals surface area contributed by atoms with Gasteiger partial charge in [0.25, 0.3) is 5.91 Å². The number of thiazole rings is 1. The summed E-state index contributed by atoms with van der Waals surface area (Å²) in [5.41, 5.74) is 0.714. The molecule has 0 saturated carbocycles. The van der Waals surface area contributed by atoms with Gasteiger partial charge >= 0.3 is 0 Å². The van der Waals surface area contributed by atoms with Gasteiger partial charge in [0, 0.05) is 38.6 Å². The number of amides is 1. The first kappa shape index (κ1) is 18.9. The first-order valence-corrected chi connectivity index (χ1v) is 9.75. The molecule has 2 atom stereocenters. The van der Waals surface area contributed by atoms with Crippen LogP contribution >= 0.6 is 11.3 Å². The lowest BCUT2D eigenvalue weighted by molar-refractivity contribution is -0.0679. The highest BCUT2D eigenvalue weighted by Crippen LogP contribution is 2.24. The van der Waals surface area contributed by atoms with Crippen molar-refractivity contribution in [2.75, 3.05) is 26.2 Å². The van der Waals surface area contributed by atoms with Crippen molar-refractivity contribution < 1.29 is 9.53 Å². The van der Waals surface area contributed by atoms with Gasteiger partial charge in [-0.25, -0.2) is 15.0 Å². The number of carbonyl (C=O) groups excluding carboxylic acids is 1. The van der Waals surface area contributed by atoms with Gasteiger partial charge in [-0.15, -0.1) is 11.3 Å². The Morgan fingerprint density at radius 2 is 2.00 bits per heavy atom. The summed E-state index contributed by atoms with van der Waals surface area (Å²) >= 11 is 1.33. The van der Waals surface area contributed by atoms with E-state index in [0.717, 1.165) is 26.1 Å². The van der Waals surface area contributed by atoms with Crippen molar-refractivity contribution in [2.45, 2.75) is 39.4 Å². The van der Waals surface area contributed by atoms with Crippen molar-refractivity contribution in [2.24, 2.45) is 0 Å². The Morgan fingerprint density at radius 1 is 1.31 bits per heavy atom. The molecule has 0 radical (unpaired) electrons. The van der Waals surface area contributed by atoms with Crippen LogP contribution < -0.4 is 5.32 Å². The van der Waals surface area contributed by atoms with Crippen LogP contribution in [0.1, 0.15) is 35.6 Å². The molecule has 0 bridgehead atoms. The van der Waals surface area contributed by atoms with Crippen LogP contribution in [0.15, 0.2) is 18.5 Å². The second-order valence-corrected chi connectivity index (χ2v) is 7.63. The third-order valence-corrected chi connectivity index (χ3v) is 5.34. The lowest BCUT2D eigenvalue weighted by atomic mass is 10.2. The minimum atomic E-state index is -0.0779. The van der Waals surface area contributed by atoms with E-state index in [1.54, 1.807) is 18.5 Å². The SMILES string of the molecule is Cc1nc(-c2ncccn2)sc1C(=O)NCCCN1CC(C)OC(C)C1. The number of nitrogens with one attached hydrogen (secondary N) is 1. The third kappa shape index (κ3) is 4.84. The van der Waals surface area contributed by atoms with Gasteiger partial charge in [0.15, 0.2) is 10.8 Å². The Hall–Kier alpha value is -1.90. The summed E-state index contributed by atoms with van der Waals surface area (Å²) in [6, 6.07) is 1.76. The molecule has 2 aromatic heterocycles. The van der Waals surface area contributed by atoms with Gasteiger partial charge in [0.2, 0.25) is 0 Å². The molecule has 7 nitrogen and oxygen atoms in total. The molecule has 3 rings (SSSR count). The van der Waals surface area contributed by atoms with Crippen LogP contribution in [0.3, 0.4) is 0 Å². The molecule has 1 saturated heterocycles. The van der Waals surface area contributed by atoms with Crippen molar-refractivity contribution >= 4 is 17.2 Å². The number of ether oxygens (including phenoxy) is 1. The predicted octanol–water partition coefficient (Wildman–Crippen LogP) is 2.14. The van der Waals surface area contributed by atoms with E-state index < -0.39 is 0 Å². The molecule has 1 aliphatic rings.